The quantitative estimate of drug-likeness (QED) is 0.284. The van der Waals surface area contributed by atoms with Crippen LogP contribution in [-0.4, -0.2) is 42.1 Å². The van der Waals surface area contributed by atoms with E-state index in [0.717, 1.165) is 16.8 Å². The third-order valence-electron chi connectivity index (χ3n) is 6.01. The van der Waals surface area contributed by atoms with Crippen LogP contribution in [0.25, 0.3) is 22.2 Å². The van der Waals surface area contributed by atoms with Gasteiger partial charge in [-0.25, -0.2) is 23.8 Å². The van der Waals surface area contributed by atoms with E-state index in [1.165, 1.54) is 44.6 Å². The average Bonchev–Trinajstić information content (AvgIpc) is 2.85. The van der Waals surface area contributed by atoms with E-state index in [-0.39, 0.29) is 23.2 Å². The Balaban J connectivity index is 1.51. The second kappa shape index (κ2) is 10.9. The van der Waals surface area contributed by atoms with E-state index < -0.39 is 59.2 Å². The molecule has 0 saturated heterocycles. The van der Waals surface area contributed by atoms with Crippen LogP contribution in [-0.2, 0) is 12.7 Å². The number of hydrogen-bond donors (Lipinski definition) is 3. The van der Waals surface area contributed by atoms with E-state index in [1.807, 2.05) is 0 Å². The number of aromatic amines is 1. The Kier molecular flexibility index (Phi) is 7.77. The van der Waals surface area contributed by atoms with Crippen LogP contribution >= 0.6 is 0 Å². The number of alkyl halides is 4. The van der Waals surface area contributed by atoms with Gasteiger partial charge in [-0.1, -0.05) is 0 Å². The van der Waals surface area contributed by atoms with E-state index in [0.29, 0.717) is 10.9 Å². The number of benzene rings is 1. The summed E-state index contributed by atoms with van der Waals surface area (Å²) in [7, 11) is 0. The van der Waals surface area contributed by atoms with E-state index in [4.69, 9.17) is 0 Å². The number of nitrogens with zero attached hydrogens (tertiary/aromatic N) is 4. The number of H-pyrrole nitrogens is 1. The summed E-state index contributed by atoms with van der Waals surface area (Å²) in [5.41, 5.74) is -3.68. The van der Waals surface area contributed by atoms with Crippen LogP contribution in [0.1, 0.15) is 37.5 Å². The molecule has 3 N–H and O–H groups in total. The first-order valence-electron chi connectivity index (χ1n) is 11.7. The molecule has 0 aliphatic carbocycles. The molecule has 3 atom stereocenters. The molecule has 0 aliphatic rings. The molecule has 3 unspecified atom stereocenters. The molecule has 0 aliphatic heterocycles. The number of rotatable bonds is 8. The predicted molar refractivity (Wildman–Crippen MR) is 132 cm³/mol. The van der Waals surface area contributed by atoms with Crippen LogP contribution in [0.15, 0.2) is 52.6 Å². The van der Waals surface area contributed by atoms with Crippen molar-refractivity contribution in [2.45, 2.75) is 51.3 Å². The molecule has 4 aromatic rings. The van der Waals surface area contributed by atoms with Gasteiger partial charge in [0.15, 0.2) is 5.82 Å². The van der Waals surface area contributed by atoms with Gasteiger partial charge in [0.2, 0.25) is 0 Å². The summed E-state index contributed by atoms with van der Waals surface area (Å²) in [6, 6.07) is 3.03. The SMILES string of the molecule is CC(CC(F)Cn1ccc2cc(-c3ncc(C(C)O)cn3)c(F)cc2c1=O)Nc1cn[nH]c(=O)c1C(F)(F)F. The number of aromatic nitrogens is 5. The lowest BCUT2D eigenvalue weighted by atomic mass is 10.1. The van der Waals surface area contributed by atoms with Crippen molar-refractivity contribution >= 4 is 16.5 Å². The minimum atomic E-state index is -4.95. The molecule has 39 heavy (non-hydrogen) atoms. The lowest BCUT2D eigenvalue weighted by molar-refractivity contribution is -0.138. The van der Waals surface area contributed by atoms with Crippen LogP contribution in [0.2, 0.25) is 0 Å². The molecular weight excluding hydrogens is 527 g/mol. The Bertz CT molecular complexity index is 1600. The van der Waals surface area contributed by atoms with Crippen molar-refractivity contribution in [1.29, 1.82) is 0 Å². The summed E-state index contributed by atoms with van der Waals surface area (Å²) in [6.07, 6.45) is -2.87. The fourth-order valence-corrected chi connectivity index (χ4v) is 4.10. The molecule has 14 heteroatoms. The Morgan fingerprint density at radius 3 is 2.46 bits per heavy atom. The van der Waals surface area contributed by atoms with Gasteiger partial charge in [0.05, 0.1) is 35.5 Å². The van der Waals surface area contributed by atoms with E-state index in [1.54, 1.807) is 5.10 Å². The fraction of sp³-hybridized carbons (Fsp3) is 0.320. The summed E-state index contributed by atoms with van der Waals surface area (Å²) < 4.78 is 70.5. The number of pyridine rings is 1. The number of nitrogens with one attached hydrogen (secondary N) is 2. The van der Waals surface area contributed by atoms with Crippen molar-refractivity contribution in [2.24, 2.45) is 0 Å². The van der Waals surface area contributed by atoms with Crippen molar-refractivity contribution < 1.29 is 27.1 Å². The number of aliphatic hydroxyl groups is 1. The zero-order chi connectivity index (χ0) is 28.5. The standard InChI is InChI=1S/C25H23F5N6O3/c1-12(34-20-10-33-35-23(38)21(20)25(28,29)30)5-16(26)11-36-4-3-14-6-18(19(27)7-17(14)24(36)39)22-31-8-15(9-32-22)13(2)37/h3-4,6-10,12-13,16,37H,5,11H2,1-2H3,(H2,34,35,38). The molecule has 3 aromatic heterocycles. The van der Waals surface area contributed by atoms with E-state index in [2.05, 4.69) is 20.4 Å². The molecule has 4 rings (SSSR count). The van der Waals surface area contributed by atoms with Gasteiger partial charge in [0.25, 0.3) is 11.1 Å². The molecule has 0 saturated carbocycles. The molecular formula is C25H23F5N6O3. The molecule has 0 amide bonds. The van der Waals surface area contributed by atoms with Crippen molar-refractivity contribution in [2.75, 3.05) is 5.32 Å². The highest BCUT2D eigenvalue weighted by molar-refractivity contribution is 5.86. The second-order valence-electron chi connectivity index (χ2n) is 9.07. The summed E-state index contributed by atoms with van der Waals surface area (Å²) in [6.45, 7) is 2.52. The van der Waals surface area contributed by atoms with Gasteiger partial charge in [-0.15, -0.1) is 0 Å². The average molecular weight is 550 g/mol. The zero-order valence-electron chi connectivity index (χ0n) is 20.6. The second-order valence-corrected chi connectivity index (χ2v) is 9.07. The molecule has 9 nitrogen and oxygen atoms in total. The largest absolute Gasteiger partial charge is 0.423 e. The van der Waals surface area contributed by atoms with Crippen LogP contribution < -0.4 is 16.4 Å². The fourth-order valence-electron chi connectivity index (χ4n) is 4.10. The smallest absolute Gasteiger partial charge is 0.389 e. The molecule has 0 radical (unpaired) electrons. The van der Waals surface area contributed by atoms with Crippen molar-refractivity contribution in [1.82, 2.24) is 24.7 Å². The lowest BCUT2D eigenvalue weighted by Crippen LogP contribution is -2.30. The maximum absolute atomic E-state index is 14.9. The molecule has 0 bridgehead atoms. The Labute approximate surface area is 217 Å². The third kappa shape index (κ3) is 6.11. The molecule has 3 heterocycles. The van der Waals surface area contributed by atoms with Crippen LogP contribution in [0, 0.1) is 5.82 Å². The Morgan fingerprint density at radius 2 is 1.82 bits per heavy atom. The number of halogens is 5. The van der Waals surface area contributed by atoms with Gasteiger partial charge in [-0.05, 0) is 37.4 Å². The highest BCUT2D eigenvalue weighted by Gasteiger charge is 2.37. The minimum absolute atomic E-state index is 0.0119. The maximum atomic E-state index is 14.9. The highest BCUT2D eigenvalue weighted by atomic mass is 19.4. The topological polar surface area (TPSA) is 126 Å². The summed E-state index contributed by atoms with van der Waals surface area (Å²) in [5.74, 6) is -0.721. The number of anilines is 1. The van der Waals surface area contributed by atoms with Gasteiger partial charge >= 0.3 is 6.18 Å². The normalized spacial score (nSPS) is 14.3. The minimum Gasteiger partial charge on any atom is -0.389 e. The van der Waals surface area contributed by atoms with Gasteiger partial charge < -0.3 is 15.0 Å². The first-order chi connectivity index (χ1) is 18.3. The Hall–Kier alpha value is -4.20. The third-order valence-corrected chi connectivity index (χ3v) is 6.01. The van der Waals surface area contributed by atoms with E-state index >= 15 is 0 Å². The number of hydrogen-bond acceptors (Lipinski definition) is 7. The number of aliphatic hydroxyl groups excluding tert-OH is 1. The van der Waals surface area contributed by atoms with Gasteiger partial charge in [0, 0.05) is 36.6 Å². The summed E-state index contributed by atoms with van der Waals surface area (Å²) >= 11 is 0. The van der Waals surface area contributed by atoms with Crippen LogP contribution in [0.5, 0.6) is 0 Å². The molecule has 1 aromatic carbocycles. The molecule has 206 valence electrons. The van der Waals surface area contributed by atoms with Crippen LogP contribution in [0.3, 0.4) is 0 Å². The van der Waals surface area contributed by atoms with Crippen molar-refractivity contribution in [3.8, 4) is 11.4 Å². The predicted octanol–water partition coefficient (Wildman–Crippen LogP) is 3.98. The van der Waals surface area contributed by atoms with Crippen molar-refractivity contribution in [3.05, 3.63) is 80.6 Å². The van der Waals surface area contributed by atoms with E-state index in [9.17, 15) is 36.6 Å². The van der Waals surface area contributed by atoms with Crippen LogP contribution in [0.4, 0.5) is 27.6 Å². The monoisotopic (exact) mass is 550 g/mol. The first kappa shape index (κ1) is 27.8. The maximum Gasteiger partial charge on any atom is 0.423 e. The molecule has 0 spiro atoms. The van der Waals surface area contributed by atoms with Crippen molar-refractivity contribution in [3.63, 3.8) is 0 Å². The molecule has 0 fully saturated rings. The Morgan fingerprint density at radius 1 is 1.13 bits per heavy atom. The lowest BCUT2D eigenvalue weighted by Gasteiger charge is -2.20. The van der Waals surface area contributed by atoms with Gasteiger partial charge in [-0.3, -0.25) is 9.59 Å². The number of fused-ring (bicyclic) bond motifs is 1. The zero-order valence-corrected chi connectivity index (χ0v) is 20.6. The highest BCUT2D eigenvalue weighted by Crippen LogP contribution is 2.32. The summed E-state index contributed by atoms with van der Waals surface area (Å²) in [4.78, 5) is 32.7. The van der Waals surface area contributed by atoms with Gasteiger partial charge in [-0.2, -0.15) is 18.3 Å². The van der Waals surface area contributed by atoms with Gasteiger partial charge in [0.1, 0.15) is 17.6 Å². The summed E-state index contributed by atoms with van der Waals surface area (Å²) in [5, 5.41) is 17.5. The first-order valence-corrected chi connectivity index (χ1v) is 11.7.